The molecular weight excluding hydrogens is 276 g/mol. The number of aromatic nitrogens is 3. The van der Waals surface area contributed by atoms with Crippen LogP contribution in [0.15, 0.2) is 34.4 Å². The van der Waals surface area contributed by atoms with Crippen molar-refractivity contribution in [2.75, 3.05) is 5.32 Å². The molecule has 0 radical (unpaired) electrons. The summed E-state index contributed by atoms with van der Waals surface area (Å²) in [6, 6.07) is 7.52. The number of aromatic amines is 1. The molecule has 3 rings (SSSR count). The van der Waals surface area contributed by atoms with Gasteiger partial charge in [-0.2, -0.15) is 5.10 Å². The van der Waals surface area contributed by atoms with Crippen LogP contribution in [0, 0.1) is 6.92 Å². The molecule has 2 aromatic heterocycles. The Morgan fingerprint density at radius 3 is 3.00 bits per heavy atom. The second-order valence-electron chi connectivity index (χ2n) is 4.40. The van der Waals surface area contributed by atoms with E-state index in [0.29, 0.717) is 5.82 Å². The minimum atomic E-state index is -0.272. The Bertz CT molecular complexity index is 830. The van der Waals surface area contributed by atoms with E-state index in [1.54, 1.807) is 12.3 Å². The van der Waals surface area contributed by atoms with Crippen LogP contribution in [0.4, 0.5) is 5.82 Å². The average molecular weight is 288 g/mol. The molecule has 0 bridgehead atoms. The molecule has 0 fully saturated rings. The average Bonchev–Trinajstić information content (AvgIpc) is 2.98. The molecule has 0 saturated heterocycles. The molecule has 102 valence electrons. The number of para-hydroxylation sites is 1. The maximum atomic E-state index is 12.0. The van der Waals surface area contributed by atoms with Gasteiger partial charge in [-0.1, -0.05) is 23.5 Å². The van der Waals surface area contributed by atoms with Crippen LogP contribution in [0.5, 0.6) is 0 Å². The molecule has 0 aliphatic carbocycles. The lowest BCUT2D eigenvalue weighted by molar-refractivity contribution is -0.116. The number of benzene rings is 1. The molecule has 0 atom stereocenters. The third kappa shape index (κ3) is 2.23. The normalized spacial score (nSPS) is 10.8. The SMILES string of the molecule is Cc1csc(=O)n1CC(=O)Nc1n[nH]c2ccccc12. The summed E-state index contributed by atoms with van der Waals surface area (Å²) >= 11 is 1.09. The van der Waals surface area contributed by atoms with Gasteiger partial charge >= 0.3 is 4.87 Å². The smallest absolute Gasteiger partial charge is 0.307 e. The summed E-state index contributed by atoms with van der Waals surface area (Å²) in [5.41, 5.74) is 1.63. The van der Waals surface area contributed by atoms with Gasteiger partial charge in [-0.3, -0.25) is 19.3 Å². The lowest BCUT2D eigenvalue weighted by Crippen LogP contribution is -2.25. The second-order valence-corrected chi connectivity index (χ2v) is 5.22. The lowest BCUT2D eigenvalue weighted by atomic mass is 10.2. The number of hydrogen-bond acceptors (Lipinski definition) is 4. The number of hydrogen-bond donors (Lipinski definition) is 2. The fraction of sp³-hybridized carbons (Fsp3) is 0.154. The van der Waals surface area contributed by atoms with Crippen LogP contribution in [0.1, 0.15) is 5.69 Å². The molecule has 0 saturated carbocycles. The molecule has 0 unspecified atom stereocenters. The van der Waals surface area contributed by atoms with Gasteiger partial charge in [0.05, 0.1) is 5.52 Å². The Morgan fingerprint density at radius 2 is 2.25 bits per heavy atom. The Hall–Kier alpha value is -2.41. The predicted octanol–water partition coefficient (Wildman–Crippen LogP) is 1.73. The summed E-state index contributed by atoms with van der Waals surface area (Å²) in [7, 11) is 0. The standard InChI is InChI=1S/C13H12N4O2S/c1-8-7-20-13(19)17(8)6-11(18)14-12-9-4-2-3-5-10(9)15-16-12/h2-5,7H,6H2,1H3,(H2,14,15,16,18). The van der Waals surface area contributed by atoms with E-state index in [1.807, 2.05) is 24.3 Å². The van der Waals surface area contributed by atoms with Gasteiger partial charge < -0.3 is 5.32 Å². The Morgan fingerprint density at radius 1 is 1.45 bits per heavy atom. The molecule has 2 heterocycles. The highest BCUT2D eigenvalue weighted by molar-refractivity contribution is 7.07. The zero-order valence-corrected chi connectivity index (χ0v) is 11.5. The second kappa shape index (κ2) is 4.93. The van der Waals surface area contributed by atoms with E-state index in [0.717, 1.165) is 27.9 Å². The van der Waals surface area contributed by atoms with Gasteiger partial charge in [0.15, 0.2) is 5.82 Å². The maximum Gasteiger partial charge on any atom is 0.307 e. The summed E-state index contributed by atoms with van der Waals surface area (Å²) in [6.45, 7) is 1.80. The van der Waals surface area contributed by atoms with Crippen molar-refractivity contribution in [3.63, 3.8) is 0 Å². The van der Waals surface area contributed by atoms with Gasteiger partial charge in [0.25, 0.3) is 0 Å². The highest BCUT2D eigenvalue weighted by Gasteiger charge is 2.11. The maximum absolute atomic E-state index is 12.0. The predicted molar refractivity (Wildman–Crippen MR) is 78.0 cm³/mol. The largest absolute Gasteiger partial charge is 0.307 e. The van der Waals surface area contributed by atoms with Crippen LogP contribution in [0.25, 0.3) is 10.9 Å². The number of anilines is 1. The van der Waals surface area contributed by atoms with Crippen molar-refractivity contribution in [3.05, 3.63) is 45.0 Å². The van der Waals surface area contributed by atoms with Gasteiger partial charge in [0, 0.05) is 16.5 Å². The van der Waals surface area contributed by atoms with Crippen LogP contribution in [0.2, 0.25) is 0 Å². The van der Waals surface area contributed by atoms with E-state index in [1.165, 1.54) is 4.57 Å². The molecule has 3 aromatic rings. The van der Waals surface area contributed by atoms with Crippen LogP contribution in [0.3, 0.4) is 0 Å². The van der Waals surface area contributed by atoms with Crippen molar-refractivity contribution in [3.8, 4) is 0 Å². The summed E-state index contributed by atoms with van der Waals surface area (Å²) in [5, 5.41) is 12.2. The fourth-order valence-electron chi connectivity index (χ4n) is 1.97. The zero-order chi connectivity index (χ0) is 14.1. The molecule has 0 spiro atoms. The summed E-state index contributed by atoms with van der Waals surface area (Å²) in [5.74, 6) is 0.206. The van der Waals surface area contributed by atoms with Gasteiger partial charge in [-0.15, -0.1) is 0 Å². The van der Waals surface area contributed by atoms with Gasteiger partial charge in [0.2, 0.25) is 5.91 Å². The van der Waals surface area contributed by atoms with E-state index >= 15 is 0 Å². The highest BCUT2D eigenvalue weighted by Crippen LogP contribution is 2.19. The van der Waals surface area contributed by atoms with Gasteiger partial charge in [-0.05, 0) is 19.1 Å². The monoisotopic (exact) mass is 288 g/mol. The van der Waals surface area contributed by atoms with E-state index in [4.69, 9.17) is 0 Å². The van der Waals surface area contributed by atoms with E-state index in [-0.39, 0.29) is 17.3 Å². The lowest BCUT2D eigenvalue weighted by Gasteiger charge is -2.04. The number of carbonyl (C=O) groups is 1. The quantitative estimate of drug-likeness (QED) is 0.770. The number of aryl methyl sites for hydroxylation is 1. The number of nitrogens with one attached hydrogen (secondary N) is 2. The number of amides is 1. The van der Waals surface area contributed by atoms with Crippen molar-refractivity contribution in [2.45, 2.75) is 13.5 Å². The number of fused-ring (bicyclic) bond motifs is 1. The van der Waals surface area contributed by atoms with E-state index in [2.05, 4.69) is 15.5 Å². The topological polar surface area (TPSA) is 79.8 Å². The molecular formula is C13H12N4O2S. The van der Waals surface area contributed by atoms with Crippen LogP contribution >= 0.6 is 11.3 Å². The minimum absolute atomic E-state index is 0.00461. The molecule has 7 heteroatoms. The molecule has 0 aliphatic heterocycles. The third-order valence-electron chi connectivity index (χ3n) is 3.01. The first-order valence-corrected chi connectivity index (χ1v) is 6.91. The number of rotatable bonds is 3. The third-order valence-corrected chi connectivity index (χ3v) is 3.89. The number of nitrogens with zero attached hydrogens (tertiary/aromatic N) is 2. The van der Waals surface area contributed by atoms with Crippen LogP contribution in [-0.4, -0.2) is 20.7 Å². The first kappa shape index (κ1) is 12.6. The highest BCUT2D eigenvalue weighted by atomic mass is 32.1. The number of carbonyl (C=O) groups excluding carboxylic acids is 1. The van der Waals surface area contributed by atoms with Gasteiger partial charge in [-0.25, -0.2) is 0 Å². The van der Waals surface area contributed by atoms with Crippen molar-refractivity contribution < 1.29 is 4.79 Å². The van der Waals surface area contributed by atoms with E-state index in [9.17, 15) is 9.59 Å². The van der Waals surface area contributed by atoms with Crippen LogP contribution in [-0.2, 0) is 11.3 Å². The molecule has 2 N–H and O–H groups in total. The minimum Gasteiger partial charge on any atom is -0.307 e. The Kier molecular flexibility index (Phi) is 3.11. The summed E-state index contributed by atoms with van der Waals surface area (Å²) in [4.78, 5) is 23.4. The van der Waals surface area contributed by atoms with Crippen molar-refractivity contribution in [1.82, 2.24) is 14.8 Å². The zero-order valence-electron chi connectivity index (χ0n) is 10.7. The molecule has 6 nitrogen and oxygen atoms in total. The Labute approximate surface area is 118 Å². The first-order chi connectivity index (χ1) is 9.65. The summed E-state index contributed by atoms with van der Waals surface area (Å²) < 4.78 is 1.44. The Balaban J connectivity index is 1.81. The number of H-pyrrole nitrogens is 1. The van der Waals surface area contributed by atoms with E-state index < -0.39 is 0 Å². The first-order valence-electron chi connectivity index (χ1n) is 6.03. The number of thiazole rings is 1. The van der Waals surface area contributed by atoms with Crippen molar-refractivity contribution in [2.24, 2.45) is 0 Å². The molecule has 1 aromatic carbocycles. The summed E-state index contributed by atoms with van der Waals surface area (Å²) in [6.07, 6.45) is 0. The van der Waals surface area contributed by atoms with Crippen molar-refractivity contribution in [1.29, 1.82) is 0 Å². The molecule has 0 aliphatic rings. The van der Waals surface area contributed by atoms with Crippen LogP contribution < -0.4 is 10.2 Å². The van der Waals surface area contributed by atoms with Crippen molar-refractivity contribution >= 4 is 34.0 Å². The fourth-order valence-corrected chi connectivity index (χ4v) is 2.70. The van der Waals surface area contributed by atoms with Gasteiger partial charge in [0.1, 0.15) is 6.54 Å². The molecule has 20 heavy (non-hydrogen) atoms. The molecule has 1 amide bonds.